The predicted octanol–water partition coefficient (Wildman–Crippen LogP) is 2.95. The molecule has 0 spiro atoms. The lowest BCUT2D eigenvalue weighted by Crippen LogP contribution is -2.28. The quantitative estimate of drug-likeness (QED) is 0.922. The van der Waals surface area contributed by atoms with Crippen molar-refractivity contribution in [2.24, 2.45) is 0 Å². The highest BCUT2D eigenvalue weighted by molar-refractivity contribution is 6.09. The number of hydrogen-bond acceptors (Lipinski definition) is 4. The predicted molar refractivity (Wildman–Crippen MR) is 97.0 cm³/mol. The van der Waals surface area contributed by atoms with E-state index in [0.29, 0.717) is 41.5 Å². The summed E-state index contributed by atoms with van der Waals surface area (Å²) in [6.45, 7) is 2.50. The Hall–Kier alpha value is -3.02. The molecule has 2 aliphatic heterocycles. The maximum atomic E-state index is 12.7. The van der Waals surface area contributed by atoms with Crippen molar-refractivity contribution in [3.05, 3.63) is 53.6 Å². The molecule has 0 atom stereocenters. The number of anilines is 1. The Labute approximate surface area is 151 Å². The number of para-hydroxylation sites is 1. The third-order valence-corrected chi connectivity index (χ3v) is 4.60. The van der Waals surface area contributed by atoms with E-state index in [1.54, 1.807) is 36.4 Å². The molecule has 6 heteroatoms. The molecule has 1 fully saturated rings. The molecule has 0 saturated carbocycles. The summed E-state index contributed by atoms with van der Waals surface area (Å²) in [5, 5.41) is 2.86. The number of fused-ring (bicyclic) bond motifs is 1. The lowest BCUT2D eigenvalue weighted by Gasteiger charge is -2.19. The smallest absolute Gasteiger partial charge is 0.255 e. The third kappa shape index (κ3) is 3.22. The van der Waals surface area contributed by atoms with Crippen LogP contribution in [0.5, 0.6) is 11.5 Å². The van der Waals surface area contributed by atoms with E-state index in [2.05, 4.69) is 5.32 Å². The highest BCUT2D eigenvalue weighted by Gasteiger charge is 2.23. The summed E-state index contributed by atoms with van der Waals surface area (Å²) in [6, 6.07) is 12.2. The Morgan fingerprint density at radius 2 is 1.65 bits per heavy atom. The molecule has 2 heterocycles. The first-order valence-electron chi connectivity index (χ1n) is 8.82. The van der Waals surface area contributed by atoms with Gasteiger partial charge in [0.05, 0.1) is 11.3 Å². The Morgan fingerprint density at radius 3 is 2.46 bits per heavy atom. The average molecular weight is 352 g/mol. The van der Waals surface area contributed by atoms with Gasteiger partial charge in [-0.05, 0) is 43.2 Å². The average Bonchev–Trinajstić information content (AvgIpc) is 3.22. The van der Waals surface area contributed by atoms with Gasteiger partial charge >= 0.3 is 0 Å². The van der Waals surface area contributed by atoms with Gasteiger partial charge in [-0.15, -0.1) is 0 Å². The SMILES string of the molecule is O=C(Nc1ccccc1C(=O)N1CCCC1)c1ccc2c(c1)OCCO2. The van der Waals surface area contributed by atoms with Crippen LogP contribution in [0.3, 0.4) is 0 Å². The summed E-state index contributed by atoms with van der Waals surface area (Å²) in [4.78, 5) is 27.2. The Balaban J connectivity index is 1.55. The fourth-order valence-electron chi connectivity index (χ4n) is 3.25. The molecule has 26 heavy (non-hydrogen) atoms. The molecule has 1 saturated heterocycles. The summed E-state index contributed by atoms with van der Waals surface area (Å²) >= 11 is 0. The first-order chi connectivity index (χ1) is 12.7. The lowest BCUT2D eigenvalue weighted by molar-refractivity contribution is 0.0794. The lowest BCUT2D eigenvalue weighted by atomic mass is 10.1. The minimum Gasteiger partial charge on any atom is -0.486 e. The van der Waals surface area contributed by atoms with Crippen LogP contribution in [0, 0.1) is 0 Å². The van der Waals surface area contributed by atoms with E-state index in [0.717, 1.165) is 25.9 Å². The minimum absolute atomic E-state index is 0.0411. The van der Waals surface area contributed by atoms with E-state index < -0.39 is 0 Å². The standard InChI is InChI=1S/C20H20N2O4/c23-19(14-7-8-17-18(13-14)26-12-11-25-17)21-16-6-2-1-5-15(16)20(24)22-9-3-4-10-22/h1-2,5-8,13H,3-4,9-12H2,(H,21,23). The molecule has 2 amide bonds. The van der Waals surface area contributed by atoms with Crippen molar-refractivity contribution in [1.82, 2.24) is 4.90 Å². The number of amides is 2. The topological polar surface area (TPSA) is 67.9 Å². The monoisotopic (exact) mass is 352 g/mol. The van der Waals surface area contributed by atoms with Crippen molar-refractivity contribution in [2.75, 3.05) is 31.6 Å². The van der Waals surface area contributed by atoms with Crippen LogP contribution in [0.4, 0.5) is 5.69 Å². The van der Waals surface area contributed by atoms with Crippen LogP contribution >= 0.6 is 0 Å². The van der Waals surface area contributed by atoms with E-state index in [4.69, 9.17) is 9.47 Å². The van der Waals surface area contributed by atoms with Crippen LogP contribution in [0.15, 0.2) is 42.5 Å². The first-order valence-corrected chi connectivity index (χ1v) is 8.82. The van der Waals surface area contributed by atoms with Gasteiger partial charge in [-0.25, -0.2) is 0 Å². The summed E-state index contributed by atoms with van der Waals surface area (Å²) in [5.74, 6) is 0.868. The first kappa shape index (κ1) is 16.4. The van der Waals surface area contributed by atoms with Gasteiger partial charge in [-0.2, -0.15) is 0 Å². The van der Waals surface area contributed by atoms with E-state index in [1.165, 1.54) is 0 Å². The van der Waals surface area contributed by atoms with Gasteiger partial charge in [0.15, 0.2) is 11.5 Å². The van der Waals surface area contributed by atoms with Crippen molar-refractivity contribution in [3.63, 3.8) is 0 Å². The minimum atomic E-state index is -0.288. The molecule has 6 nitrogen and oxygen atoms in total. The molecule has 0 bridgehead atoms. The molecule has 2 aromatic carbocycles. The number of carbonyl (C=O) groups is 2. The van der Waals surface area contributed by atoms with Crippen molar-refractivity contribution >= 4 is 17.5 Å². The highest BCUT2D eigenvalue weighted by atomic mass is 16.6. The fourth-order valence-corrected chi connectivity index (χ4v) is 3.25. The summed E-state index contributed by atoms with van der Waals surface area (Å²) in [7, 11) is 0. The number of likely N-dealkylation sites (tertiary alicyclic amines) is 1. The molecule has 4 rings (SSSR count). The zero-order valence-corrected chi connectivity index (χ0v) is 14.4. The number of nitrogens with zero attached hydrogens (tertiary/aromatic N) is 1. The van der Waals surface area contributed by atoms with Gasteiger partial charge < -0.3 is 19.7 Å². The molecule has 0 aromatic heterocycles. The summed E-state index contributed by atoms with van der Waals surface area (Å²) in [6.07, 6.45) is 2.05. The number of hydrogen-bond donors (Lipinski definition) is 1. The second-order valence-corrected chi connectivity index (χ2v) is 6.36. The zero-order valence-electron chi connectivity index (χ0n) is 14.4. The Morgan fingerprint density at radius 1 is 0.923 bits per heavy atom. The summed E-state index contributed by atoms with van der Waals surface area (Å²) < 4.78 is 11.0. The molecule has 2 aromatic rings. The molecule has 134 valence electrons. The van der Waals surface area contributed by atoms with Crippen molar-refractivity contribution < 1.29 is 19.1 Å². The van der Waals surface area contributed by atoms with Crippen LogP contribution < -0.4 is 14.8 Å². The van der Waals surface area contributed by atoms with Crippen LogP contribution in [-0.2, 0) is 0 Å². The van der Waals surface area contributed by atoms with Crippen molar-refractivity contribution in [1.29, 1.82) is 0 Å². The van der Waals surface area contributed by atoms with Crippen LogP contribution in [0.2, 0.25) is 0 Å². The molecule has 0 aliphatic carbocycles. The summed E-state index contributed by atoms with van der Waals surface area (Å²) in [5.41, 5.74) is 1.49. The van der Waals surface area contributed by atoms with E-state index in [-0.39, 0.29) is 11.8 Å². The van der Waals surface area contributed by atoms with Crippen molar-refractivity contribution in [3.8, 4) is 11.5 Å². The molecule has 1 N–H and O–H groups in total. The number of nitrogens with one attached hydrogen (secondary N) is 1. The van der Waals surface area contributed by atoms with Crippen LogP contribution in [0.1, 0.15) is 33.6 Å². The maximum absolute atomic E-state index is 12.7. The number of carbonyl (C=O) groups excluding carboxylic acids is 2. The maximum Gasteiger partial charge on any atom is 0.255 e. The van der Waals surface area contributed by atoms with Gasteiger partial charge in [-0.1, -0.05) is 12.1 Å². The number of ether oxygens (including phenoxy) is 2. The largest absolute Gasteiger partial charge is 0.486 e. The van der Waals surface area contributed by atoms with E-state index >= 15 is 0 Å². The molecular weight excluding hydrogens is 332 g/mol. The van der Waals surface area contributed by atoms with Gasteiger partial charge in [0, 0.05) is 18.7 Å². The van der Waals surface area contributed by atoms with Crippen molar-refractivity contribution in [2.45, 2.75) is 12.8 Å². The normalized spacial score (nSPS) is 15.6. The third-order valence-electron chi connectivity index (χ3n) is 4.60. The van der Waals surface area contributed by atoms with E-state index in [1.807, 2.05) is 11.0 Å². The fraction of sp³-hybridized carbons (Fsp3) is 0.300. The van der Waals surface area contributed by atoms with Gasteiger partial charge in [0.2, 0.25) is 0 Å². The second kappa shape index (κ2) is 7.07. The highest BCUT2D eigenvalue weighted by Crippen LogP contribution is 2.31. The molecule has 2 aliphatic rings. The Kier molecular flexibility index (Phi) is 4.48. The zero-order chi connectivity index (χ0) is 17.9. The molecule has 0 unspecified atom stereocenters. The number of rotatable bonds is 3. The van der Waals surface area contributed by atoms with E-state index in [9.17, 15) is 9.59 Å². The molecule has 0 radical (unpaired) electrons. The van der Waals surface area contributed by atoms with Gasteiger partial charge in [0.1, 0.15) is 13.2 Å². The van der Waals surface area contributed by atoms with Crippen LogP contribution in [-0.4, -0.2) is 43.0 Å². The van der Waals surface area contributed by atoms with Gasteiger partial charge in [0.25, 0.3) is 11.8 Å². The van der Waals surface area contributed by atoms with Gasteiger partial charge in [-0.3, -0.25) is 9.59 Å². The Bertz CT molecular complexity index is 843. The van der Waals surface area contributed by atoms with Crippen LogP contribution in [0.25, 0.3) is 0 Å². The second-order valence-electron chi connectivity index (χ2n) is 6.36. The number of benzene rings is 2. The molecular formula is C20H20N2O4.